The van der Waals surface area contributed by atoms with Crippen molar-refractivity contribution >= 4 is 17.2 Å². The van der Waals surface area contributed by atoms with Gasteiger partial charge in [-0.1, -0.05) is 46.6 Å². The maximum atomic E-state index is 13.0. The number of pyridine rings is 1. The normalized spacial score (nSPS) is 11.2. The standard InChI is InChI=1S/C26H24N6O3/c1-15-7-5-8-19(13-15)23-28-25(35-30-23)20-9-6-10-31-24(20)29-32(26(31)34)14-21(33)27-22-17(3)11-16(2)12-18(22)4/h5-13H,14H2,1-4H3,(H,27,33). The minimum atomic E-state index is -0.437. The predicted octanol–water partition coefficient (Wildman–Crippen LogP) is 4.09. The molecule has 0 radical (unpaired) electrons. The van der Waals surface area contributed by atoms with Crippen molar-refractivity contribution in [3.05, 3.63) is 87.5 Å². The Morgan fingerprint density at radius 1 is 1.00 bits per heavy atom. The second kappa shape index (κ2) is 8.68. The van der Waals surface area contributed by atoms with Crippen molar-refractivity contribution in [3.8, 4) is 22.8 Å². The minimum absolute atomic E-state index is 0.231. The summed E-state index contributed by atoms with van der Waals surface area (Å²) in [6.07, 6.45) is 1.59. The summed E-state index contributed by atoms with van der Waals surface area (Å²) in [6, 6.07) is 15.2. The molecule has 9 nitrogen and oxygen atoms in total. The lowest BCUT2D eigenvalue weighted by Gasteiger charge is -2.12. The first-order valence-electron chi connectivity index (χ1n) is 11.2. The number of amides is 1. The van der Waals surface area contributed by atoms with Crippen molar-refractivity contribution in [3.63, 3.8) is 0 Å². The molecule has 0 spiro atoms. The number of rotatable bonds is 5. The van der Waals surface area contributed by atoms with E-state index in [0.717, 1.165) is 38.2 Å². The molecule has 2 aromatic carbocycles. The monoisotopic (exact) mass is 468 g/mol. The first-order chi connectivity index (χ1) is 16.8. The summed E-state index contributed by atoms with van der Waals surface area (Å²) in [5.41, 5.74) is 6.08. The molecule has 0 unspecified atom stereocenters. The van der Waals surface area contributed by atoms with Gasteiger partial charge in [-0.25, -0.2) is 13.9 Å². The summed E-state index contributed by atoms with van der Waals surface area (Å²) in [4.78, 5) is 30.2. The van der Waals surface area contributed by atoms with Crippen molar-refractivity contribution in [1.82, 2.24) is 24.3 Å². The van der Waals surface area contributed by atoms with Gasteiger partial charge in [0.15, 0.2) is 5.65 Å². The molecule has 0 saturated carbocycles. The first kappa shape index (κ1) is 22.3. The van der Waals surface area contributed by atoms with Crippen LogP contribution in [-0.2, 0) is 11.3 Å². The summed E-state index contributed by atoms with van der Waals surface area (Å²) in [5.74, 6) is 0.335. The number of fused-ring (bicyclic) bond motifs is 1. The number of hydrogen-bond donors (Lipinski definition) is 1. The lowest BCUT2D eigenvalue weighted by molar-refractivity contribution is -0.117. The van der Waals surface area contributed by atoms with E-state index in [2.05, 4.69) is 20.6 Å². The lowest BCUT2D eigenvalue weighted by atomic mass is 10.1. The number of benzene rings is 2. The van der Waals surface area contributed by atoms with Crippen LogP contribution in [-0.4, -0.2) is 30.2 Å². The van der Waals surface area contributed by atoms with Crippen molar-refractivity contribution in [2.45, 2.75) is 34.2 Å². The average Bonchev–Trinajstić information content (AvgIpc) is 3.42. The molecule has 0 atom stereocenters. The summed E-state index contributed by atoms with van der Waals surface area (Å²) in [5, 5.41) is 11.4. The molecule has 0 aliphatic heterocycles. The Morgan fingerprint density at radius 2 is 1.77 bits per heavy atom. The van der Waals surface area contributed by atoms with Gasteiger partial charge in [0.05, 0.1) is 5.56 Å². The Hall–Kier alpha value is -4.53. The van der Waals surface area contributed by atoms with Gasteiger partial charge in [0.25, 0.3) is 5.89 Å². The third kappa shape index (κ3) is 4.23. The number of nitrogens with zero attached hydrogens (tertiary/aromatic N) is 5. The van der Waals surface area contributed by atoms with E-state index in [1.54, 1.807) is 18.3 Å². The zero-order chi connectivity index (χ0) is 24.7. The first-order valence-corrected chi connectivity index (χ1v) is 11.2. The van der Waals surface area contributed by atoms with E-state index in [1.807, 2.05) is 64.1 Å². The second-order valence-electron chi connectivity index (χ2n) is 8.67. The molecule has 9 heteroatoms. The molecular weight excluding hydrogens is 444 g/mol. The number of aryl methyl sites for hydroxylation is 4. The van der Waals surface area contributed by atoms with E-state index in [1.165, 1.54) is 4.40 Å². The van der Waals surface area contributed by atoms with Crippen LogP contribution in [0.1, 0.15) is 22.3 Å². The zero-order valence-corrected chi connectivity index (χ0v) is 19.9. The van der Waals surface area contributed by atoms with Crippen molar-refractivity contribution in [1.29, 1.82) is 0 Å². The Bertz CT molecular complexity index is 1620. The van der Waals surface area contributed by atoms with Crippen molar-refractivity contribution in [2.75, 3.05) is 5.32 Å². The van der Waals surface area contributed by atoms with Crippen molar-refractivity contribution < 1.29 is 9.32 Å². The molecule has 5 rings (SSSR count). The molecule has 1 N–H and O–H groups in total. The van der Waals surface area contributed by atoms with Gasteiger partial charge in [-0.15, -0.1) is 5.10 Å². The van der Waals surface area contributed by atoms with Gasteiger partial charge in [-0.05, 0) is 57.0 Å². The van der Waals surface area contributed by atoms with Crippen LogP contribution in [0.3, 0.4) is 0 Å². The number of carbonyl (C=O) groups is 1. The van der Waals surface area contributed by atoms with E-state index in [0.29, 0.717) is 17.0 Å². The lowest BCUT2D eigenvalue weighted by Crippen LogP contribution is -2.28. The second-order valence-corrected chi connectivity index (χ2v) is 8.67. The molecule has 0 aliphatic carbocycles. The van der Waals surface area contributed by atoms with Gasteiger partial charge in [0, 0.05) is 17.4 Å². The SMILES string of the molecule is Cc1cccc(-c2noc(-c3cccn4c(=O)n(CC(=O)Nc5c(C)cc(C)cc5C)nc34)n2)c1. The van der Waals surface area contributed by atoms with Gasteiger partial charge < -0.3 is 9.84 Å². The highest BCUT2D eigenvalue weighted by atomic mass is 16.5. The molecule has 35 heavy (non-hydrogen) atoms. The highest BCUT2D eigenvalue weighted by Crippen LogP contribution is 2.25. The van der Waals surface area contributed by atoms with Crippen LogP contribution in [0.2, 0.25) is 0 Å². The summed E-state index contributed by atoms with van der Waals surface area (Å²) in [6.45, 7) is 7.64. The number of carbonyl (C=O) groups excluding carboxylic acids is 1. The van der Waals surface area contributed by atoms with Crippen LogP contribution >= 0.6 is 0 Å². The van der Waals surface area contributed by atoms with Crippen LogP contribution in [0.4, 0.5) is 5.69 Å². The smallest absolute Gasteiger partial charge is 0.333 e. The van der Waals surface area contributed by atoms with E-state index in [4.69, 9.17) is 4.52 Å². The van der Waals surface area contributed by atoms with Crippen LogP contribution < -0.4 is 11.0 Å². The van der Waals surface area contributed by atoms with E-state index >= 15 is 0 Å². The Kier molecular flexibility index (Phi) is 5.52. The third-order valence-corrected chi connectivity index (χ3v) is 5.78. The fraction of sp³-hybridized carbons (Fsp3) is 0.192. The van der Waals surface area contributed by atoms with E-state index < -0.39 is 5.69 Å². The Labute approximate surface area is 201 Å². The molecule has 0 bridgehead atoms. The number of hydrogen-bond acceptors (Lipinski definition) is 6. The zero-order valence-electron chi connectivity index (χ0n) is 19.9. The minimum Gasteiger partial charge on any atom is -0.333 e. The molecule has 176 valence electrons. The van der Waals surface area contributed by atoms with Crippen LogP contribution in [0, 0.1) is 27.7 Å². The average molecular weight is 469 g/mol. The van der Waals surface area contributed by atoms with Crippen LogP contribution in [0.5, 0.6) is 0 Å². The topological polar surface area (TPSA) is 107 Å². The van der Waals surface area contributed by atoms with Gasteiger partial charge in [0.2, 0.25) is 11.7 Å². The maximum Gasteiger partial charge on any atom is 0.350 e. The molecule has 0 fully saturated rings. The van der Waals surface area contributed by atoms with Crippen molar-refractivity contribution in [2.24, 2.45) is 0 Å². The quantitative estimate of drug-likeness (QED) is 0.416. The van der Waals surface area contributed by atoms with Gasteiger partial charge in [0.1, 0.15) is 6.54 Å². The molecule has 0 saturated heterocycles. The molecular formula is C26H24N6O3. The highest BCUT2D eigenvalue weighted by Gasteiger charge is 2.19. The van der Waals surface area contributed by atoms with Crippen LogP contribution in [0.15, 0.2) is 64.0 Å². The molecule has 5 aromatic rings. The Balaban J connectivity index is 1.46. The highest BCUT2D eigenvalue weighted by molar-refractivity contribution is 5.92. The summed E-state index contributed by atoms with van der Waals surface area (Å²) >= 11 is 0. The summed E-state index contributed by atoms with van der Waals surface area (Å²) in [7, 11) is 0. The fourth-order valence-electron chi connectivity index (χ4n) is 4.23. The maximum absolute atomic E-state index is 13.0. The van der Waals surface area contributed by atoms with E-state index in [-0.39, 0.29) is 18.3 Å². The third-order valence-electron chi connectivity index (χ3n) is 5.78. The molecule has 0 aliphatic rings. The van der Waals surface area contributed by atoms with E-state index in [9.17, 15) is 9.59 Å². The van der Waals surface area contributed by atoms with Gasteiger partial charge >= 0.3 is 5.69 Å². The number of nitrogens with one attached hydrogen (secondary N) is 1. The fourth-order valence-corrected chi connectivity index (χ4v) is 4.23. The number of anilines is 1. The molecule has 1 amide bonds. The number of aromatic nitrogens is 5. The predicted molar refractivity (Wildman–Crippen MR) is 132 cm³/mol. The van der Waals surface area contributed by atoms with Crippen LogP contribution in [0.25, 0.3) is 28.5 Å². The molecule has 3 heterocycles. The Morgan fingerprint density at radius 3 is 2.51 bits per heavy atom. The van der Waals surface area contributed by atoms with Gasteiger partial charge in [-0.2, -0.15) is 4.98 Å². The summed E-state index contributed by atoms with van der Waals surface area (Å²) < 4.78 is 7.99. The molecule has 3 aromatic heterocycles. The largest absolute Gasteiger partial charge is 0.350 e. The van der Waals surface area contributed by atoms with Gasteiger partial charge in [-0.3, -0.25) is 4.79 Å².